The van der Waals surface area contributed by atoms with Crippen LogP contribution in [0.15, 0.2) is 36.1 Å². The fourth-order valence-electron chi connectivity index (χ4n) is 2.50. The van der Waals surface area contributed by atoms with Gasteiger partial charge in [-0.25, -0.2) is 0 Å². The Kier molecular flexibility index (Phi) is 4.04. The summed E-state index contributed by atoms with van der Waals surface area (Å²) in [4.78, 5) is 12.5. The molecule has 0 aromatic heterocycles. The van der Waals surface area contributed by atoms with E-state index in [1.165, 1.54) is 27.4 Å². The lowest BCUT2D eigenvalue weighted by molar-refractivity contribution is 0.101. The third kappa shape index (κ3) is 2.52. The number of allylic oxidation sites excluding steroid dienone is 1. The topological polar surface area (TPSA) is 74.2 Å². The molecule has 0 fully saturated rings. The number of phenols is 1. The van der Waals surface area contributed by atoms with E-state index in [1.54, 1.807) is 30.3 Å². The molecule has 0 spiro atoms. The summed E-state index contributed by atoms with van der Waals surface area (Å²) in [6, 6.07) is 8.05. The fraction of sp³-hybridized carbons (Fsp3) is 0.167. The van der Waals surface area contributed by atoms with Crippen molar-refractivity contribution >= 4 is 11.9 Å². The van der Waals surface area contributed by atoms with Gasteiger partial charge in [0.15, 0.2) is 28.8 Å². The summed E-state index contributed by atoms with van der Waals surface area (Å²) in [6.07, 6.45) is 1.58. The summed E-state index contributed by atoms with van der Waals surface area (Å²) in [5.41, 5.74) is 1.07. The monoisotopic (exact) mass is 328 g/mol. The number of fused-ring (bicyclic) bond motifs is 1. The molecule has 0 unspecified atom stereocenters. The molecule has 1 N–H and O–H groups in total. The molecule has 1 heterocycles. The van der Waals surface area contributed by atoms with Crippen LogP contribution in [-0.2, 0) is 0 Å². The molecular weight excluding hydrogens is 312 g/mol. The third-order valence-corrected chi connectivity index (χ3v) is 3.68. The molecule has 0 saturated heterocycles. The lowest BCUT2D eigenvalue weighted by Gasteiger charge is -2.10. The Bertz CT molecular complexity index is 838. The summed E-state index contributed by atoms with van der Waals surface area (Å²) in [5, 5.41) is 9.64. The number of benzene rings is 2. The van der Waals surface area contributed by atoms with Crippen molar-refractivity contribution in [3.8, 4) is 28.7 Å². The molecular formula is C18H16O6. The van der Waals surface area contributed by atoms with Crippen LogP contribution in [0, 0.1) is 0 Å². The van der Waals surface area contributed by atoms with Crippen molar-refractivity contribution in [2.75, 3.05) is 21.3 Å². The summed E-state index contributed by atoms with van der Waals surface area (Å²) < 4.78 is 21.3. The summed E-state index contributed by atoms with van der Waals surface area (Å²) in [7, 11) is 4.45. The van der Waals surface area contributed by atoms with Crippen molar-refractivity contribution in [1.29, 1.82) is 0 Å². The second-order valence-corrected chi connectivity index (χ2v) is 5.05. The highest BCUT2D eigenvalue weighted by Gasteiger charge is 2.32. The Labute approximate surface area is 138 Å². The SMILES string of the molecule is COc1cc(/C=C2\Oc3c(ccc(OC)c3OC)C2=O)ccc1O. The molecule has 0 radical (unpaired) electrons. The highest BCUT2D eigenvalue weighted by Crippen LogP contribution is 2.45. The molecule has 2 aromatic carbocycles. The quantitative estimate of drug-likeness (QED) is 0.870. The maximum Gasteiger partial charge on any atom is 0.232 e. The van der Waals surface area contributed by atoms with Gasteiger partial charge in [-0.15, -0.1) is 0 Å². The second kappa shape index (κ2) is 6.16. The van der Waals surface area contributed by atoms with E-state index >= 15 is 0 Å². The number of carbonyl (C=O) groups is 1. The van der Waals surface area contributed by atoms with Gasteiger partial charge >= 0.3 is 0 Å². The summed E-state index contributed by atoms with van der Waals surface area (Å²) >= 11 is 0. The van der Waals surface area contributed by atoms with E-state index in [-0.39, 0.29) is 17.3 Å². The molecule has 0 amide bonds. The number of hydrogen-bond acceptors (Lipinski definition) is 6. The first-order chi connectivity index (χ1) is 11.6. The van der Waals surface area contributed by atoms with Crippen LogP contribution in [0.5, 0.6) is 28.7 Å². The Balaban J connectivity index is 2.02. The molecule has 1 aliphatic rings. The normalized spacial score (nSPS) is 14.3. The predicted octanol–water partition coefficient (Wildman–Crippen LogP) is 3.03. The van der Waals surface area contributed by atoms with Gasteiger partial charge in [-0.1, -0.05) is 6.07 Å². The predicted molar refractivity (Wildman–Crippen MR) is 87.1 cm³/mol. The number of ketones is 1. The molecule has 0 saturated carbocycles. The molecule has 0 bridgehead atoms. The van der Waals surface area contributed by atoms with E-state index in [4.69, 9.17) is 18.9 Å². The van der Waals surface area contributed by atoms with E-state index in [0.29, 0.717) is 34.1 Å². The van der Waals surface area contributed by atoms with E-state index in [9.17, 15) is 9.90 Å². The minimum atomic E-state index is -0.252. The number of rotatable bonds is 4. The van der Waals surface area contributed by atoms with Gasteiger partial charge in [0.05, 0.1) is 26.9 Å². The fourth-order valence-corrected chi connectivity index (χ4v) is 2.50. The first kappa shape index (κ1) is 15.7. The zero-order chi connectivity index (χ0) is 17.3. The van der Waals surface area contributed by atoms with Crippen LogP contribution in [0.25, 0.3) is 6.08 Å². The van der Waals surface area contributed by atoms with E-state index < -0.39 is 0 Å². The zero-order valence-corrected chi connectivity index (χ0v) is 13.5. The molecule has 3 rings (SSSR count). The number of aromatic hydroxyl groups is 1. The summed E-state index contributed by atoms with van der Waals surface area (Å²) in [5.74, 6) is 1.42. The van der Waals surface area contributed by atoms with Gasteiger partial charge in [-0.3, -0.25) is 4.79 Å². The first-order valence-corrected chi connectivity index (χ1v) is 7.15. The third-order valence-electron chi connectivity index (χ3n) is 3.68. The minimum absolute atomic E-state index is 0.0213. The van der Waals surface area contributed by atoms with E-state index in [0.717, 1.165) is 0 Å². The van der Waals surface area contributed by atoms with Crippen LogP contribution in [-0.4, -0.2) is 32.2 Å². The van der Waals surface area contributed by atoms with Crippen molar-refractivity contribution in [3.05, 3.63) is 47.2 Å². The maximum atomic E-state index is 12.5. The van der Waals surface area contributed by atoms with Crippen molar-refractivity contribution in [1.82, 2.24) is 0 Å². The Morgan fingerprint density at radius 2 is 1.75 bits per heavy atom. The van der Waals surface area contributed by atoms with E-state index in [1.807, 2.05) is 0 Å². The minimum Gasteiger partial charge on any atom is -0.504 e. The van der Waals surface area contributed by atoms with Gasteiger partial charge in [0.25, 0.3) is 0 Å². The van der Waals surface area contributed by atoms with Crippen molar-refractivity contribution in [3.63, 3.8) is 0 Å². The molecule has 24 heavy (non-hydrogen) atoms. The van der Waals surface area contributed by atoms with Crippen LogP contribution < -0.4 is 18.9 Å². The zero-order valence-electron chi connectivity index (χ0n) is 13.5. The molecule has 0 atom stereocenters. The van der Waals surface area contributed by atoms with Gasteiger partial charge in [-0.05, 0) is 35.9 Å². The average Bonchev–Trinajstić information content (AvgIpc) is 2.91. The second-order valence-electron chi connectivity index (χ2n) is 5.05. The molecule has 2 aromatic rings. The van der Waals surface area contributed by atoms with Gasteiger partial charge in [-0.2, -0.15) is 0 Å². The lowest BCUT2D eigenvalue weighted by Crippen LogP contribution is -1.98. The largest absolute Gasteiger partial charge is 0.504 e. The van der Waals surface area contributed by atoms with Crippen LogP contribution >= 0.6 is 0 Å². The standard InChI is InChI=1S/C18H16O6/c1-21-13-7-5-11-16(20)15(24-17(11)18(13)23-3)9-10-4-6-12(19)14(8-10)22-2/h4-9,19H,1-3H3/b15-9-. The molecule has 0 aliphatic carbocycles. The average molecular weight is 328 g/mol. The van der Waals surface area contributed by atoms with Gasteiger partial charge < -0.3 is 24.1 Å². The van der Waals surface area contributed by atoms with Crippen molar-refractivity contribution in [2.24, 2.45) is 0 Å². The van der Waals surface area contributed by atoms with E-state index in [2.05, 4.69) is 0 Å². The van der Waals surface area contributed by atoms with Crippen molar-refractivity contribution in [2.45, 2.75) is 0 Å². The molecule has 124 valence electrons. The molecule has 6 heteroatoms. The summed E-state index contributed by atoms with van der Waals surface area (Å²) in [6.45, 7) is 0. The van der Waals surface area contributed by atoms with Gasteiger partial charge in [0, 0.05) is 0 Å². The van der Waals surface area contributed by atoms with Crippen LogP contribution in [0.4, 0.5) is 0 Å². The van der Waals surface area contributed by atoms with Crippen LogP contribution in [0.1, 0.15) is 15.9 Å². The van der Waals surface area contributed by atoms with Crippen molar-refractivity contribution < 1.29 is 28.8 Å². The van der Waals surface area contributed by atoms with Crippen LogP contribution in [0.3, 0.4) is 0 Å². The smallest absolute Gasteiger partial charge is 0.232 e. The highest BCUT2D eigenvalue weighted by molar-refractivity contribution is 6.15. The highest BCUT2D eigenvalue weighted by atomic mass is 16.5. The van der Waals surface area contributed by atoms with Gasteiger partial charge in [0.1, 0.15) is 0 Å². The van der Waals surface area contributed by atoms with Crippen LogP contribution in [0.2, 0.25) is 0 Å². The Hall–Kier alpha value is -3.15. The maximum absolute atomic E-state index is 12.5. The molecule has 6 nitrogen and oxygen atoms in total. The number of methoxy groups -OCH3 is 3. The van der Waals surface area contributed by atoms with Gasteiger partial charge in [0.2, 0.25) is 11.5 Å². The number of hydrogen-bond donors (Lipinski definition) is 1. The number of carbonyl (C=O) groups excluding carboxylic acids is 1. The number of phenolic OH excluding ortho intramolecular Hbond substituents is 1. The lowest BCUT2D eigenvalue weighted by atomic mass is 10.1. The first-order valence-electron chi connectivity index (χ1n) is 7.15. The number of Topliss-reactive ketones (excluding diaryl/α,β-unsaturated/α-hetero) is 1. The number of ether oxygens (including phenoxy) is 4. The Morgan fingerprint density at radius 3 is 2.42 bits per heavy atom. The molecule has 1 aliphatic heterocycles. The Morgan fingerprint density at radius 1 is 1.00 bits per heavy atom.